The van der Waals surface area contributed by atoms with Crippen LogP contribution in [-0.4, -0.2) is 18.2 Å². The second-order valence-corrected chi connectivity index (χ2v) is 11.7. The number of para-hydroxylation sites is 2. The topological polar surface area (TPSA) is 6.48 Å². The summed E-state index contributed by atoms with van der Waals surface area (Å²) in [5.41, 5.74) is 6.24. The van der Waals surface area contributed by atoms with Crippen molar-refractivity contribution in [2.24, 2.45) is 11.3 Å². The number of hydrogen-bond donors (Lipinski definition) is 0. The standard InChI is InChI=1S/C29H40N2/c1-20-14-10-12-18-24(20)30-21(2)26-29(6,22-15-8-7-9-16-22)23-17-11-13-19-25(23)31(26)27(30)28(3,4)5/h10-14,17-19,21-22,26-27H,7-9,15-16H2,1-6H3/t21-,26?,27?,29?/m0/s1. The van der Waals surface area contributed by atoms with E-state index in [-0.39, 0.29) is 10.8 Å². The van der Waals surface area contributed by atoms with Crippen molar-refractivity contribution < 1.29 is 0 Å². The molecule has 0 spiro atoms. The SMILES string of the molecule is Cc1ccccc1N1C(C(C)(C)C)N2c3ccccc3C(C)(C3CCCCC3)C2[C@@H]1C. The lowest BCUT2D eigenvalue weighted by Crippen LogP contribution is -2.51. The van der Waals surface area contributed by atoms with Crippen molar-refractivity contribution in [2.45, 2.75) is 97.3 Å². The first-order valence-corrected chi connectivity index (χ1v) is 12.5. The van der Waals surface area contributed by atoms with Gasteiger partial charge in [-0.2, -0.15) is 0 Å². The van der Waals surface area contributed by atoms with Gasteiger partial charge in [0.15, 0.2) is 0 Å². The molecule has 166 valence electrons. The van der Waals surface area contributed by atoms with E-state index in [0.717, 1.165) is 5.92 Å². The molecule has 0 bridgehead atoms. The van der Waals surface area contributed by atoms with Gasteiger partial charge in [0.25, 0.3) is 0 Å². The Bertz CT molecular complexity index is 951. The molecule has 0 aromatic heterocycles. The van der Waals surface area contributed by atoms with Gasteiger partial charge in [0, 0.05) is 28.2 Å². The quantitative estimate of drug-likeness (QED) is 0.506. The van der Waals surface area contributed by atoms with Crippen molar-refractivity contribution in [1.29, 1.82) is 0 Å². The number of aryl methyl sites for hydroxylation is 1. The molecule has 0 radical (unpaired) electrons. The van der Waals surface area contributed by atoms with Crippen molar-refractivity contribution in [3.05, 3.63) is 59.7 Å². The zero-order valence-electron chi connectivity index (χ0n) is 20.4. The number of nitrogens with zero attached hydrogens (tertiary/aromatic N) is 2. The van der Waals surface area contributed by atoms with Crippen LogP contribution in [0.2, 0.25) is 0 Å². The Morgan fingerprint density at radius 2 is 1.45 bits per heavy atom. The molecule has 1 saturated carbocycles. The number of hydrogen-bond acceptors (Lipinski definition) is 2. The molecule has 2 aromatic carbocycles. The van der Waals surface area contributed by atoms with Gasteiger partial charge in [-0.25, -0.2) is 0 Å². The van der Waals surface area contributed by atoms with Gasteiger partial charge in [0.1, 0.15) is 6.17 Å². The van der Waals surface area contributed by atoms with Gasteiger partial charge in [-0.15, -0.1) is 0 Å². The molecule has 2 heteroatoms. The van der Waals surface area contributed by atoms with Crippen LogP contribution >= 0.6 is 0 Å². The monoisotopic (exact) mass is 416 g/mol. The van der Waals surface area contributed by atoms with Gasteiger partial charge in [0.2, 0.25) is 0 Å². The molecule has 1 saturated heterocycles. The smallest absolute Gasteiger partial charge is 0.107 e. The number of anilines is 2. The van der Waals surface area contributed by atoms with E-state index in [1.165, 1.54) is 49.0 Å². The first-order chi connectivity index (χ1) is 14.8. The average molecular weight is 417 g/mol. The summed E-state index contributed by atoms with van der Waals surface area (Å²) in [5, 5.41) is 0. The van der Waals surface area contributed by atoms with Crippen LogP contribution in [0.1, 0.15) is 77.8 Å². The minimum atomic E-state index is 0.135. The Hall–Kier alpha value is -1.96. The van der Waals surface area contributed by atoms with Crippen molar-refractivity contribution in [1.82, 2.24) is 0 Å². The van der Waals surface area contributed by atoms with Gasteiger partial charge in [-0.05, 0) is 55.9 Å². The largest absolute Gasteiger partial charge is 0.346 e. The van der Waals surface area contributed by atoms with E-state index < -0.39 is 0 Å². The van der Waals surface area contributed by atoms with Gasteiger partial charge >= 0.3 is 0 Å². The van der Waals surface area contributed by atoms with Crippen LogP contribution in [0.15, 0.2) is 48.5 Å². The van der Waals surface area contributed by atoms with Crippen LogP contribution in [0, 0.1) is 18.3 Å². The highest BCUT2D eigenvalue weighted by Gasteiger charge is 2.62. The summed E-state index contributed by atoms with van der Waals surface area (Å²) in [4.78, 5) is 5.62. The van der Waals surface area contributed by atoms with Crippen molar-refractivity contribution in [3.8, 4) is 0 Å². The lowest BCUT2D eigenvalue weighted by atomic mass is 9.62. The molecule has 3 unspecified atom stereocenters. The summed E-state index contributed by atoms with van der Waals surface area (Å²) in [5.74, 6) is 0.775. The maximum atomic E-state index is 2.85. The van der Waals surface area contributed by atoms with E-state index in [1.807, 2.05) is 0 Å². The second kappa shape index (κ2) is 7.29. The summed E-state index contributed by atoms with van der Waals surface area (Å²) in [6, 6.07) is 19.4. The van der Waals surface area contributed by atoms with Crippen LogP contribution < -0.4 is 9.80 Å². The fraction of sp³-hybridized carbons (Fsp3) is 0.586. The molecule has 0 N–H and O–H groups in total. The summed E-state index contributed by atoms with van der Waals surface area (Å²) in [6.45, 7) is 14.7. The van der Waals surface area contributed by atoms with Crippen LogP contribution in [0.5, 0.6) is 0 Å². The maximum Gasteiger partial charge on any atom is 0.107 e. The highest BCUT2D eigenvalue weighted by molar-refractivity contribution is 5.72. The zero-order valence-corrected chi connectivity index (χ0v) is 20.4. The average Bonchev–Trinajstić information content (AvgIpc) is 3.21. The molecule has 2 aromatic rings. The Kier molecular flexibility index (Phi) is 4.92. The molecule has 1 aliphatic carbocycles. The van der Waals surface area contributed by atoms with Crippen molar-refractivity contribution in [3.63, 3.8) is 0 Å². The maximum absolute atomic E-state index is 2.85. The molecule has 2 nitrogen and oxygen atoms in total. The van der Waals surface area contributed by atoms with Crippen LogP contribution in [-0.2, 0) is 5.41 Å². The molecule has 0 amide bonds. The summed E-state index contributed by atoms with van der Waals surface area (Å²) >= 11 is 0. The molecule has 5 rings (SSSR count). The van der Waals surface area contributed by atoms with Crippen molar-refractivity contribution in [2.75, 3.05) is 9.80 Å². The predicted octanol–water partition coefficient (Wildman–Crippen LogP) is 7.30. The highest BCUT2D eigenvalue weighted by atomic mass is 15.5. The fourth-order valence-electron chi connectivity index (χ4n) is 7.48. The third-order valence-corrected chi connectivity index (χ3v) is 8.72. The lowest BCUT2D eigenvalue weighted by molar-refractivity contribution is 0.189. The van der Waals surface area contributed by atoms with Gasteiger partial charge in [0.05, 0.1) is 6.04 Å². The van der Waals surface area contributed by atoms with Gasteiger partial charge < -0.3 is 9.80 Å². The van der Waals surface area contributed by atoms with Crippen LogP contribution in [0.3, 0.4) is 0 Å². The molecule has 2 fully saturated rings. The van der Waals surface area contributed by atoms with Crippen LogP contribution in [0.4, 0.5) is 11.4 Å². The highest BCUT2D eigenvalue weighted by Crippen LogP contribution is 2.59. The Balaban J connectivity index is 1.71. The Labute approximate surface area is 189 Å². The first-order valence-electron chi connectivity index (χ1n) is 12.5. The number of fused-ring (bicyclic) bond motifs is 3. The fourth-order valence-corrected chi connectivity index (χ4v) is 7.48. The molecule has 2 aliphatic heterocycles. The third-order valence-electron chi connectivity index (χ3n) is 8.72. The number of rotatable bonds is 2. The Morgan fingerprint density at radius 1 is 0.839 bits per heavy atom. The molecule has 3 aliphatic rings. The summed E-state index contributed by atoms with van der Waals surface area (Å²) < 4.78 is 0. The summed E-state index contributed by atoms with van der Waals surface area (Å²) in [6.07, 6.45) is 7.32. The molecule has 2 heterocycles. The Morgan fingerprint density at radius 3 is 2.10 bits per heavy atom. The molecular weight excluding hydrogens is 376 g/mol. The second-order valence-electron chi connectivity index (χ2n) is 11.7. The van der Waals surface area contributed by atoms with E-state index in [2.05, 4.69) is 99.9 Å². The van der Waals surface area contributed by atoms with Gasteiger partial charge in [-0.1, -0.05) is 83.4 Å². The molecule has 4 atom stereocenters. The van der Waals surface area contributed by atoms with E-state index in [4.69, 9.17) is 0 Å². The van der Waals surface area contributed by atoms with Gasteiger partial charge in [-0.3, -0.25) is 0 Å². The minimum Gasteiger partial charge on any atom is -0.346 e. The summed E-state index contributed by atoms with van der Waals surface area (Å²) in [7, 11) is 0. The third kappa shape index (κ3) is 2.97. The van der Waals surface area contributed by atoms with E-state index in [1.54, 1.807) is 5.56 Å². The van der Waals surface area contributed by atoms with E-state index >= 15 is 0 Å². The minimum absolute atomic E-state index is 0.135. The predicted molar refractivity (Wildman–Crippen MR) is 133 cm³/mol. The number of benzene rings is 2. The van der Waals surface area contributed by atoms with E-state index in [9.17, 15) is 0 Å². The zero-order chi connectivity index (χ0) is 22.0. The lowest BCUT2D eigenvalue weighted by Gasteiger charge is -2.44. The van der Waals surface area contributed by atoms with Crippen molar-refractivity contribution >= 4 is 11.4 Å². The molecular formula is C29H40N2. The molecule has 31 heavy (non-hydrogen) atoms. The first kappa shape index (κ1) is 20.9. The van der Waals surface area contributed by atoms with E-state index in [0.29, 0.717) is 18.2 Å². The van der Waals surface area contributed by atoms with Crippen LogP contribution in [0.25, 0.3) is 0 Å². The normalized spacial score (nSPS) is 31.1.